The lowest BCUT2D eigenvalue weighted by Gasteiger charge is -2.14. The third-order valence-corrected chi connectivity index (χ3v) is 2.57. The first kappa shape index (κ1) is 13.5. The van der Waals surface area contributed by atoms with Gasteiger partial charge in [0.1, 0.15) is 6.10 Å². The molecule has 0 aromatic heterocycles. The molecule has 1 unspecified atom stereocenters. The lowest BCUT2D eigenvalue weighted by Crippen LogP contribution is -2.19. The minimum atomic E-state index is -0.657. The van der Waals surface area contributed by atoms with Crippen LogP contribution in [0.2, 0.25) is 5.02 Å². The Morgan fingerprint density at radius 2 is 2.06 bits per heavy atom. The standard InChI is InChI=1S/C12H18ClNO2/c1-14(2)7-8-16-9-12(15)10-5-3-4-6-11(10)13/h3-6,12,15H,7-9H2,1-2H3. The summed E-state index contributed by atoms with van der Waals surface area (Å²) in [7, 11) is 3.96. The highest BCUT2D eigenvalue weighted by molar-refractivity contribution is 6.31. The van der Waals surface area contributed by atoms with E-state index in [0.29, 0.717) is 17.2 Å². The van der Waals surface area contributed by atoms with Crippen molar-refractivity contribution in [2.75, 3.05) is 33.9 Å². The Morgan fingerprint density at radius 3 is 2.69 bits per heavy atom. The van der Waals surface area contributed by atoms with Gasteiger partial charge in [-0.3, -0.25) is 0 Å². The molecule has 0 bridgehead atoms. The van der Waals surface area contributed by atoms with Crippen LogP contribution < -0.4 is 0 Å². The topological polar surface area (TPSA) is 32.7 Å². The number of ether oxygens (including phenoxy) is 1. The molecule has 1 N–H and O–H groups in total. The third kappa shape index (κ3) is 4.49. The van der Waals surface area contributed by atoms with Gasteiger partial charge in [-0.15, -0.1) is 0 Å². The van der Waals surface area contributed by atoms with Crippen LogP contribution >= 0.6 is 11.6 Å². The predicted octanol–water partition coefficient (Wildman–Crippen LogP) is 1.95. The first-order chi connectivity index (χ1) is 7.61. The molecule has 0 aliphatic heterocycles. The molecule has 0 aliphatic carbocycles. The maximum atomic E-state index is 9.84. The van der Waals surface area contributed by atoms with Crippen molar-refractivity contribution in [1.29, 1.82) is 0 Å². The summed E-state index contributed by atoms with van der Waals surface area (Å²) >= 11 is 5.96. The summed E-state index contributed by atoms with van der Waals surface area (Å²) in [6.45, 7) is 1.72. The summed E-state index contributed by atoms with van der Waals surface area (Å²) in [6, 6.07) is 7.26. The first-order valence-corrected chi connectivity index (χ1v) is 5.64. The van der Waals surface area contributed by atoms with Crippen LogP contribution in [0.3, 0.4) is 0 Å². The van der Waals surface area contributed by atoms with Gasteiger partial charge in [0, 0.05) is 17.1 Å². The van der Waals surface area contributed by atoms with Crippen LogP contribution in [-0.2, 0) is 4.74 Å². The number of aliphatic hydroxyl groups is 1. The second kappa shape index (κ2) is 6.86. The Hall–Kier alpha value is -0.610. The Balaban J connectivity index is 2.35. The normalized spacial score (nSPS) is 13.1. The molecule has 0 fully saturated rings. The maximum Gasteiger partial charge on any atom is 0.104 e. The number of likely N-dealkylation sites (N-methyl/N-ethyl adjacent to an activating group) is 1. The molecule has 1 aromatic rings. The Kier molecular flexibility index (Phi) is 5.77. The number of aliphatic hydroxyl groups excluding tert-OH is 1. The molecule has 0 saturated carbocycles. The average Bonchev–Trinajstić information content (AvgIpc) is 2.24. The van der Waals surface area contributed by atoms with Crippen molar-refractivity contribution in [2.24, 2.45) is 0 Å². The number of nitrogens with zero attached hydrogens (tertiary/aromatic N) is 1. The van der Waals surface area contributed by atoms with Gasteiger partial charge in [-0.1, -0.05) is 29.8 Å². The van der Waals surface area contributed by atoms with Crippen LogP contribution in [-0.4, -0.2) is 43.9 Å². The van der Waals surface area contributed by atoms with Crippen molar-refractivity contribution in [1.82, 2.24) is 4.90 Å². The number of benzene rings is 1. The van der Waals surface area contributed by atoms with Crippen LogP contribution in [0.25, 0.3) is 0 Å². The molecule has 1 aromatic carbocycles. The summed E-state index contributed by atoms with van der Waals surface area (Å²) in [5.41, 5.74) is 0.717. The van der Waals surface area contributed by atoms with Crippen LogP contribution in [0.4, 0.5) is 0 Å². The van der Waals surface area contributed by atoms with Crippen molar-refractivity contribution >= 4 is 11.6 Å². The van der Waals surface area contributed by atoms with Gasteiger partial charge in [0.15, 0.2) is 0 Å². The van der Waals surface area contributed by atoms with Crippen molar-refractivity contribution in [3.63, 3.8) is 0 Å². The maximum absolute atomic E-state index is 9.84. The molecule has 4 heteroatoms. The molecule has 3 nitrogen and oxygen atoms in total. The van der Waals surface area contributed by atoms with Gasteiger partial charge in [-0.25, -0.2) is 0 Å². The van der Waals surface area contributed by atoms with Crippen LogP contribution in [0.1, 0.15) is 11.7 Å². The summed E-state index contributed by atoms with van der Waals surface area (Å²) in [5.74, 6) is 0. The minimum Gasteiger partial charge on any atom is -0.386 e. The van der Waals surface area contributed by atoms with E-state index in [0.717, 1.165) is 6.54 Å². The largest absolute Gasteiger partial charge is 0.386 e. The molecular weight excluding hydrogens is 226 g/mol. The Bertz CT molecular complexity index is 318. The molecule has 0 heterocycles. The fourth-order valence-corrected chi connectivity index (χ4v) is 1.54. The number of hydrogen-bond donors (Lipinski definition) is 1. The molecule has 1 atom stereocenters. The van der Waals surface area contributed by atoms with E-state index < -0.39 is 6.10 Å². The van der Waals surface area contributed by atoms with E-state index >= 15 is 0 Å². The molecule has 0 spiro atoms. The van der Waals surface area contributed by atoms with E-state index in [9.17, 15) is 5.11 Å². The Labute approximate surface area is 102 Å². The van der Waals surface area contributed by atoms with E-state index in [1.54, 1.807) is 6.07 Å². The van der Waals surface area contributed by atoms with Crippen molar-refractivity contribution in [3.8, 4) is 0 Å². The van der Waals surface area contributed by atoms with Gasteiger partial charge in [-0.05, 0) is 20.2 Å². The lowest BCUT2D eigenvalue weighted by atomic mass is 10.1. The second-order valence-corrected chi connectivity index (χ2v) is 4.32. The summed E-state index contributed by atoms with van der Waals surface area (Å²) in [4.78, 5) is 2.03. The van der Waals surface area contributed by atoms with Crippen LogP contribution in [0.15, 0.2) is 24.3 Å². The van der Waals surface area contributed by atoms with Gasteiger partial charge in [-0.2, -0.15) is 0 Å². The van der Waals surface area contributed by atoms with Crippen LogP contribution in [0, 0.1) is 0 Å². The molecular formula is C12H18ClNO2. The summed E-state index contributed by atoms with van der Waals surface area (Å²) in [5, 5.41) is 10.4. The lowest BCUT2D eigenvalue weighted by molar-refractivity contribution is 0.0307. The van der Waals surface area contributed by atoms with Crippen molar-refractivity contribution in [2.45, 2.75) is 6.10 Å². The Morgan fingerprint density at radius 1 is 1.38 bits per heavy atom. The van der Waals surface area contributed by atoms with Gasteiger partial charge >= 0.3 is 0 Å². The van der Waals surface area contributed by atoms with E-state index in [-0.39, 0.29) is 6.61 Å². The zero-order chi connectivity index (χ0) is 12.0. The molecule has 0 aliphatic rings. The van der Waals surface area contributed by atoms with Gasteiger partial charge < -0.3 is 14.7 Å². The first-order valence-electron chi connectivity index (χ1n) is 5.26. The van der Waals surface area contributed by atoms with Gasteiger partial charge in [0.05, 0.1) is 13.2 Å². The van der Waals surface area contributed by atoms with Crippen molar-refractivity contribution in [3.05, 3.63) is 34.9 Å². The molecule has 16 heavy (non-hydrogen) atoms. The summed E-state index contributed by atoms with van der Waals surface area (Å²) in [6.07, 6.45) is -0.657. The molecule has 1 rings (SSSR count). The minimum absolute atomic E-state index is 0.275. The zero-order valence-corrected chi connectivity index (χ0v) is 10.4. The highest BCUT2D eigenvalue weighted by atomic mass is 35.5. The fraction of sp³-hybridized carbons (Fsp3) is 0.500. The van der Waals surface area contributed by atoms with E-state index in [1.807, 2.05) is 37.2 Å². The quantitative estimate of drug-likeness (QED) is 0.776. The van der Waals surface area contributed by atoms with E-state index in [4.69, 9.17) is 16.3 Å². The van der Waals surface area contributed by atoms with E-state index in [1.165, 1.54) is 0 Å². The predicted molar refractivity (Wildman–Crippen MR) is 65.8 cm³/mol. The molecule has 90 valence electrons. The highest BCUT2D eigenvalue weighted by Crippen LogP contribution is 2.22. The number of hydrogen-bond acceptors (Lipinski definition) is 3. The van der Waals surface area contributed by atoms with E-state index in [2.05, 4.69) is 0 Å². The highest BCUT2D eigenvalue weighted by Gasteiger charge is 2.10. The SMILES string of the molecule is CN(C)CCOCC(O)c1ccccc1Cl. The van der Waals surface area contributed by atoms with Gasteiger partial charge in [0.2, 0.25) is 0 Å². The monoisotopic (exact) mass is 243 g/mol. The molecule has 0 saturated heterocycles. The molecule has 0 radical (unpaired) electrons. The zero-order valence-electron chi connectivity index (χ0n) is 9.69. The average molecular weight is 244 g/mol. The summed E-state index contributed by atoms with van der Waals surface area (Å²) < 4.78 is 5.37. The van der Waals surface area contributed by atoms with Crippen molar-refractivity contribution < 1.29 is 9.84 Å². The number of rotatable bonds is 6. The van der Waals surface area contributed by atoms with Crippen LogP contribution in [0.5, 0.6) is 0 Å². The fourth-order valence-electron chi connectivity index (χ4n) is 1.28. The molecule has 0 amide bonds. The second-order valence-electron chi connectivity index (χ2n) is 3.92. The smallest absolute Gasteiger partial charge is 0.104 e. The van der Waals surface area contributed by atoms with Gasteiger partial charge in [0.25, 0.3) is 0 Å². The number of halogens is 1. The third-order valence-electron chi connectivity index (χ3n) is 2.22.